The van der Waals surface area contributed by atoms with Gasteiger partial charge in [-0.2, -0.15) is 0 Å². The van der Waals surface area contributed by atoms with Crippen LogP contribution in [0.4, 0.5) is 5.00 Å². The molecular weight excluding hydrogens is 222 g/mol. The normalized spacial score (nSPS) is 25.2. The number of rotatable bonds is 4. The average Bonchev–Trinajstić information content (AvgIpc) is 2.80. The summed E-state index contributed by atoms with van der Waals surface area (Å²) < 4.78 is 0. The van der Waals surface area contributed by atoms with Crippen molar-refractivity contribution >= 4 is 22.3 Å². The summed E-state index contributed by atoms with van der Waals surface area (Å²) in [6.45, 7) is 0.979. The molecule has 1 aromatic rings. The van der Waals surface area contributed by atoms with E-state index in [2.05, 4.69) is 16.8 Å². The van der Waals surface area contributed by atoms with E-state index < -0.39 is 5.97 Å². The molecule has 1 heterocycles. The van der Waals surface area contributed by atoms with Crippen molar-refractivity contribution in [1.29, 1.82) is 0 Å². The van der Waals surface area contributed by atoms with Gasteiger partial charge < -0.3 is 10.4 Å². The lowest BCUT2D eigenvalue weighted by Gasteiger charge is -2.26. The molecule has 0 spiro atoms. The molecule has 0 unspecified atom stereocenters. The Bertz CT molecular complexity index is 329. The van der Waals surface area contributed by atoms with Crippen LogP contribution >= 0.6 is 11.3 Å². The summed E-state index contributed by atoms with van der Waals surface area (Å²) in [6, 6.07) is 4.11. The fraction of sp³-hybridized carbons (Fsp3) is 0.583. The van der Waals surface area contributed by atoms with Crippen LogP contribution in [-0.4, -0.2) is 17.6 Å². The molecule has 0 bridgehead atoms. The predicted molar refractivity (Wildman–Crippen MR) is 65.9 cm³/mol. The highest BCUT2D eigenvalue weighted by Gasteiger charge is 2.25. The second kappa shape index (κ2) is 5.34. The lowest BCUT2D eigenvalue weighted by atomic mass is 9.82. The lowest BCUT2D eigenvalue weighted by Crippen LogP contribution is -2.25. The number of carboxylic acids is 1. The SMILES string of the molecule is O=C(O)C1CCC(CNc2cccs2)CC1. The second-order valence-electron chi connectivity index (χ2n) is 4.41. The third kappa shape index (κ3) is 2.98. The third-order valence-corrected chi connectivity index (χ3v) is 4.11. The van der Waals surface area contributed by atoms with Gasteiger partial charge in [0.15, 0.2) is 0 Å². The molecule has 3 nitrogen and oxygen atoms in total. The molecule has 0 atom stereocenters. The van der Waals surface area contributed by atoms with Gasteiger partial charge in [-0.25, -0.2) is 0 Å². The minimum absolute atomic E-state index is 0.0991. The molecule has 1 fully saturated rings. The Kier molecular flexibility index (Phi) is 3.83. The summed E-state index contributed by atoms with van der Waals surface area (Å²) in [4.78, 5) is 10.8. The molecule has 1 aliphatic rings. The monoisotopic (exact) mass is 239 g/mol. The van der Waals surface area contributed by atoms with Crippen LogP contribution in [0.5, 0.6) is 0 Å². The Balaban J connectivity index is 1.71. The van der Waals surface area contributed by atoms with Crippen LogP contribution in [0.1, 0.15) is 25.7 Å². The average molecular weight is 239 g/mol. The largest absolute Gasteiger partial charge is 0.481 e. The Hall–Kier alpha value is -1.03. The van der Waals surface area contributed by atoms with E-state index in [-0.39, 0.29) is 5.92 Å². The Labute approximate surface area is 99.5 Å². The van der Waals surface area contributed by atoms with Crippen LogP contribution in [0, 0.1) is 11.8 Å². The van der Waals surface area contributed by atoms with Crippen molar-refractivity contribution in [3.8, 4) is 0 Å². The second-order valence-corrected chi connectivity index (χ2v) is 5.36. The maximum atomic E-state index is 10.8. The number of aliphatic carboxylic acids is 1. The first-order valence-corrected chi connectivity index (χ1v) is 6.64. The van der Waals surface area contributed by atoms with E-state index in [0.717, 1.165) is 32.2 Å². The molecule has 4 heteroatoms. The molecule has 0 aliphatic heterocycles. The van der Waals surface area contributed by atoms with E-state index in [4.69, 9.17) is 5.11 Å². The number of carbonyl (C=O) groups is 1. The van der Waals surface area contributed by atoms with Crippen molar-refractivity contribution in [2.45, 2.75) is 25.7 Å². The predicted octanol–water partition coefficient (Wildman–Crippen LogP) is 3.05. The van der Waals surface area contributed by atoms with Crippen LogP contribution in [0.15, 0.2) is 17.5 Å². The standard InChI is InChI=1S/C12H17NO2S/c14-12(15)10-5-3-9(4-6-10)8-13-11-2-1-7-16-11/h1-2,7,9-10,13H,3-6,8H2,(H,14,15). The van der Waals surface area contributed by atoms with Gasteiger partial charge in [-0.1, -0.05) is 0 Å². The molecular formula is C12H17NO2S. The van der Waals surface area contributed by atoms with Gasteiger partial charge in [-0.15, -0.1) is 11.3 Å². The fourth-order valence-electron chi connectivity index (χ4n) is 2.24. The van der Waals surface area contributed by atoms with Crippen LogP contribution in [-0.2, 0) is 4.79 Å². The number of anilines is 1. The third-order valence-electron chi connectivity index (χ3n) is 3.28. The fourth-order valence-corrected chi connectivity index (χ4v) is 2.87. The Morgan fingerprint density at radius 3 is 2.75 bits per heavy atom. The van der Waals surface area contributed by atoms with E-state index in [9.17, 15) is 4.79 Å². The van der Waals surface area contributed by atoms with Crippen LogP contribution in [0.3, 0.4) is 0 Å². The van der Waals surface area contributed by atoms with Gasteiger partial charge >= 0.3 is 5.97 Å². The summed E-state index contributed by atoms with van der Waals surface area (Å²) in [5, 5.41) is 15.6. The van der Waals surface area contributed by atoms with E-state index in [0.29, 0.717) is 5.92 Å². The van der Waals surface area contributed by atoms with Crippen molar-refractivity contribution in [1.82, 2.24) is 0 Å². The summed E-state index contributed by atoms with van der Waals surface area (Å²) in [6.07, 6.45) is 3.75. The van der Waals surface area contributed by atoms with E-state index in [1.54, 1.807) is 11.3 Å². The quantitative estimate of drug-likeness (QED) is 0.849. The summed E-state index contributed by atoms with van der Waals surface area (Å²) in [7, 11) is 0. The topological polar surface area (TPSA) is 49.3 Å². The van der Waals surface area contributed by atoms with Gasteiger partial charge in [0.1, 0.15) is 0 Å². The molecule has 88 valence electrons. The van der Waals surface area contributed by atoms with Gasteiger partial charge in [0, 0.05) is 6.54 Å². The van der Waals surface area contributed by atoms with Gasteiger partial charge in [-0.05, 0) is 49.1 Å². The van der Waals surface area contributed by atoms with Gasteiger partial charge in [0.05, 0.1) is 10.9 Å². The van der Waals surface area contributed by atoms with Crippen LogP contribution in [0.25, 0.3) is 0 Å². The Morgan fingerprint density at radius 1 is 1.44 bits per heavy atom. The molecule has 0 saturated heterocycles. The first kappa shape index (κ1) is 11.5. The van der Waals surface area contributed by atoms with Crippen molar-refractivity contribution in [2.75, 3.05) is 11.9 Å². The minimum Gasteiger partial charge on any atom is -0.481 e. The number of hydrogen-bond donors (Lipinski definition) is 2. The van der Waals surface area contributed by atoms with E-state index in [1.165, 1.54) is 5.00 Å². The van der Waals surface area contributed by atoms with Crippen molar-refractivity contribution in [3.63, 3.8) is 0 Å². The minimum atomic E-state index is -0.621. The zero-order valence-electron chi connectivity index (χ0n) is 9.19. The molecule has 2 rings (SSSR count). The highest BCUT2D eigenvalue weighted by molar-refractivity contribution is 7.14. The molecule has 0 amide bonds. The van der Waals surface area contributed by atoms with Gasteiger partial charge in [-0.3, -0.25) is 4.79 Å². The molecule has 2 N–H and O–H groups in total. The zero-order valence-corrected chi connectivity index (χ0v) is 10.0. The van der Waals surface area contributed by atoms with E-state index >= 15 is 0 Å². The first-order valence-electron chi connectivity index (χ1n) is 5.76. The molecule has 1 aromatic heterocycles. The molecule has 1 aliphatic carbocycles. The molecule has 16 heavy (non-hydrogen) atoms. The maximum absolute atomic E-state index is 10.8. The highest BCUT2D eigenvalue weighted by Crippen LogP contribution is 2.29. The van der Waals surface area contributed by atoms with Crippen LogP contribution < -0.4 is 5.32 Å². The summed E-state index contributed by atoms with van der Waals surface area (Å²) in [5.41, 5.74) is 0. The summed E-state index contributed by atoms with van der Waals surface area (Å²) in [5.74, 6) is -0.0830. The highest BCUT2D eigenvalue weighted by atomic mass is 32.1. The number of hydrogen-bond acceptors (Lipinski definition) is 3. The van der Waals surface area contributed by atoms with Crippen molar-refractivity contribution < 1.29 is 9.90 Å². The lowest BCUT2D eigenvalue weighted by molar-refractivity contribution is -0.143. The molecule has 0 radical (unpaired) electrons. The van der Waals surface area contributed by atoms with E-state index in [1.807, 2.05) is 6.07 Å². The van der Waals surface area contributed by atoms with Crippen LogP contribution in [0.2, 0.25) is 0 Å². The van der Waals surface area contributed by atoms with Gasteiger partial charge in [0.25, 0.3) is 0 Å². The van der Waals surface area contributed by atoms with Gasteiger partial charge in [0.2, 0.25) is 0 Å². The summed E-state index contributed by atoms with van der Waals surface area (Å²) >= 11 is 1.71. The number of thiophene rings is 1. The first-order chi connectivity index (χ1) is 7.75. The number of carboxylic acid groups (broad SMARTS) is 1. The van der Waals surface area contributed by atoms with Crippen molar-refractivity contribution in [2.24, 2.45) is 11.8 Å². The molecule has 1 saturated carbocycles. The zero-order chi connectivity index (χ0) is 11.4. The van der Waals surface area contributed by atoms with Crippen molar-refractivity contribution in [3.05, 3.63) is 17.5 Å². The number of nitrogens with one attached hydrogen (secondary N) is 1. The maximum Gasteiger partial charge on any atom is 0.306 e. The smallest absolute Gasteiger partial charge is 0.306 e. The molecule has 0 aromatic carbocycles. The Morgan fingerprint density at radius 2 is 2.19 bits per heavy atom.